The first-order valence-electron chi connectivity index (χ1n) is 12.7. The highest BCUT2D eigenvalue weighted by atomic mass is 16.3. The Morgan fingerprint density at radius 2 is 1.21 bits per heavy atom. The molecule has 2 N–H and O–H groups in total. The molecule has 5 rings (SSSR count). The fourth-order valence-corrected chi connectivity index (χ4v) is 5.92. The Kier molecular flexibility index (Phi) is 6.06. The van der Waals surface area contributed by atoms with E-state index < -0.39 is 11.2 Å². The van der Waals surface area contributed by atoms with Crippen molar-refractivity contribution in [1.29, 1.82) is 0 Å². The van der Waals surface area contributed by atoms with Crippen molar-refractivity contribution >= 4 is 10.8 Å². The van der Waals surface area contributed by atoms with Gasteiger partial charge in [0.25, 0.3) is 0 Å². The van der Waals surface area contributed by atoms with Crippen molar-refractivity contribution in [2.24, 2.45) is 0 Å². The third-order valence-electron chi connectivity index (χ3n) is 7.58. The van der Waals surface area contributed by atoms with Crippen LogP contribution in [0.5, 0.6) is 0 Å². The van der Waals surface area contributed by atoms with Crippen molar-refractivity contribution in [2.75, 3.05) is 0 Å². The van der Waals surface area contributed by atoms with E-state index in [0.29, 0.717) is 12.8 Å². The van der Waals surface area contributed by atoms with Crippen LogP contribution in [0.3, 0.4) is 0 Å². The van der Waals surface area contributed by atoms with E-state index in [1.165, 1.54) is 0 Å². The summed E-state index contributed by atoms with van der Waals surface area (Å²) in [7, 11) is 0. The summed E-state index contributed by atoms with van der Waals surface area (Å²) in [5.41, 5.74) is 3.20. The zero-order chi connectivity index (χ0) is 23.8. The standard InChI is InChI=1S/C32H34O2/c1-3-5-21-31(33)27-18-12-17-26(23-13-8-7-9-14-23)29(27)32(34,22-6-4-2)28-20-19-24-15-10-11-16-25(24)30(28)31/h7-20,33-34H,3-6,21-22H2,1-2H3/t31-,32-/m1/s1. The third kappa shape index (κ3) is 3.48. The average Bonchev–Trinajstić information content (AvgIpc) is 2.89. The first kappa shape index (κ1) is 22.8. The van der Waals surface area contributed by atoms with E-state index in [2.05, 4.69) is 56.3 Å². The first-order valence-corrected chi connectivity index (χ1v) is 12.7. The van der Waals surface area contributed by atoms with E-state index in [4.69, 9.17) is 0 Å². The van der Waals surface area contributed by atoms with E-state index in [0.717, 1.165) is 69.8 Å². The molecule has 0 fully saturated rings. The van der Waals surface area contributed by atoms with Gasteiger partial charge in [-0.1, -0.05) is 124 Å². The SMILES string of the molecule is CCCC[C@@]1(O)c2ccc3ccccc3c2[C@@](O)(CCCC)c2cccc(-c3ccccc3)c21. The normalized spacial score (nSPS) is 21.3. The minimum absolute atomic E-state index is 0.621. The lowest BCUT2D eigenvalue weighted by atomic mass is 9.62. The molecule has 0 unspecified atom stereocenters. The summed E-state index contributed by atoms with van der Waals surface area (Å²) in [5, 5.41) is 27.4. The van der Waals surface area contributed by atoms with Crippen LogP contribution >= 0.6 is 0 Å². The van der Waals surface area contributed by atoms with Crippen LogP contribution in [0.25, 0.3) is 21.9 Å². The summed E-state index contributed by atoms with van der Waals surface area (Å²) < 4.78 is 0. The van der Waals surface area contributed by atoms with Gasteiger partial charge in [0.1, 0.15) is 11.2 Å². The molecular weight excluding hydrogens is 416 g/mol. The number of hydrogen-bond donors (Lipinski definition) is 2. The molecule has 0 radical (unpaired) electrons. The van der Waals surface area contributed by atoms with Crippen molar-refractivity contribution in [2.45, 2.75) is 63.6 Å². The molecule has 0 saturated carbocycles. The fraction of sp³-hybridized carbons (Fsp3) is 0.312. The monoisotopic (exact) mass is 450 g/mol. The van der Waals surface area contributed by atoms with Gasteiger partial charge in [-0.2, -0.15) is 0 Å². The largest absolute Gasteiger partial charge is 0.380 e. The molecule has 0 heterocycles. The lowest BCUT2D eigenvalue weighted by molar-refractivity contribution is 0.0203. The molecule has 1 aliphatic carbocycles. The summed E-state index contributed by atoms with van der Waals surface area (Å²) in [6, 6.07) is 28.9. The van der Waals surface area contributed by atoms with Crippen LogP contribution in [0.15, 0.2) is 84.9 Å². The number of fused-ring (bicyclic) bond motifs is 4. The number of unbranched alkanes of at least 4 members (excludes halogenated alkanes) is 2. The maximum absolute atomic E-state index is 12.7. The van der Waals surface area contributed by atoms with Crippen molar-refractivity contribution in [1.82, 2.24) is 0 Å². The molecule has 0 spiro atoms. The fourth-order valence-electron chi connectivity index (χ4n) is 5.92. The summed E-state index contributed by atoms with van der Waals surface area (Å²) in [5.74, 6) is 0. The molecule has 4 aromatic carbocycles. The van der Waals surface area contributed by atoms with Gasteiger partial charge in [-0.15, -0.1) is 0 Å². The molecule has 174 valence electrons. The van der Waals surface area contributed by atoms with Gasteiger partial charge in [0.05, 0.1) is 0 Å². The lowest BCUT2D eigenvalue weighted by Crippen LogP contribution is -2.43. The molecule has 34 heavy (non-hydrogen) atoms. The Morgan fingerprint density at radius 3 is 1.91 bits per heavy atom. The van der Waals surface area contributed by atoms with Gasteiger partial charge in [-0.05, 0) is 45.9 Å². The number of aliphatic hydroxyl groups is 2. The first-order chi connectivity index (χ1) is 16.5. The van der Waals surface area contributed by atoms with E-state index in [1.54, 1.807) is 0 Å². The number of rotatable bonds is 7. The van der Waals surface area contributed by atoms with E-state index in [9.17, 15) is 10.2 Å². The van der Waals surface area contributed by atoms with Crippen molar-refractivity contribution in [3.8, 4) is 11.1 Å². The topological polar surface area (TPSA) is 40.5 Å². The van der Waals surface area contributed by atoms with Crippen LogP contribution in [-0.4, -0.2) is 10.2 Å². The highest BCUT2D eigenvalue weighted by Gasteiger charge is 2.50. The van der Waals surface area contributed by atoms with Gasteiger partial charge in [-0.25, -0.2) is 0 Å². The zero-order valence-electron chi connectivity index (χ0n) is 20.2. The minimum atomic E-state index is -1.17. The van der Waals surface area contributed by atoms with Crippen molar-refractivity contribution < 1.29 is 10.2 Å². The van der Waals surface area contributed by atoms with Crippen LogP contribution < -0.4 is 0 Å². The Bertz CT molecular complexity index is 1310. The minimum Gasteiger partial charge on any atom is -0.380 e. The predicted molar refractivity (Wildman–Crippen MR) is 141 cm³/mol. The average molecular weight is 451 g/mol. The molecule has 0 amide bonds. The molecule has 0 aliphatic heterocycles. The number of hydrogen-bond acceptors (Lipinski definition) is 2. The second-order valence-corrected chi connectivity index (χ2v) is 9.73. The Morgan fingerprint density at radius 1 is 0.588 bits per heavy atom. The van der Waals surface area contributed by atoms with Gasteiger partial charge in [-0.3, -0.25) is 0 Å². The summed E-state index contributed by atoms with van der Waals surface area (Å²) in [4.78, 5) is 0. The van der Waals surface area contributed by atoms with Gasteiger partial charge in [0.15, 0.2) is 0 Å². The van der Waals surface area contributed by atoms with Crippen molar-refractivity contribution in [3.05, 3.63) is 107 Å². The van der Waals surface area contributed by atoms with E-state index >= 15 is 0 Å². The Hall–Kier alpha value is -2.94. The Balaban J connectivity index is 1.90. The van der Waals surface area contributed by atoms with Crippen molar-refractivity contribution in [3.63, 3.8) is 0 Å². The molecule has 0 saturated heterocycles. The third-order valence-corrected chi connectivity index (χ3v) is 7.58. The van der Waals surface area contributed by atoms with Gasteiger partial charge >= 0.3 is 0 Å². The van der Waals surface area contributed by atoms with E-state index in [-0.39, 0.29) is 0 Å². The van der Waals surface area contributed by atoms with Gasteiger partial charge < -0.3 is 10.2 Å². The highest BCUT2D eigenvalue weighted by Crippen LogP contribution is 2.55. The van der Waals surface area contributed by atoms with Crippen LogP contribution in [0, 0.1) is 0 Å². The molecular formula is C32H34O2. The van der Waals surface area contributed by atoms with Crippen LogP contribution in [-0.2, 0) is 11.2 Å². The molecule has 0 aromatic heterocycles. The van der Waals surface area contributed by atoms with Crippen LogP contribution in [0.2, 0.25) is 0 Å². The summed E-state index contributed by atoms with van der Waals surface area (Å²) in [6.45, 7) is 4.32. The van der Waals surface area contributed by atoms with E-state index in [1.807, 2.05) is 42.5 Å². The molecule has 2 atom stereocenters. The summed E-state index contributed by atoms with van der Waals surface area (Å²) >= 11 is 0. The Labute approximate surface area is 202 Å². The maximum atomic E-state index is 12.7. The molecule has 0 bridgehead atoms. The molecule has 1 aliphatic rings. The molecule has 4 aromatic rings. The maximum Gasteiger partial charge on any atom is 0.116 e. The predicted octanol–water partition coefficient (Wildman–Crippen LogP) is 7.67. The lowest BCUT2D eigenvalue weighted by Gasteiger charge is -2.46. The second-order valence-electron chi connectivity index (χ2n) is 9.73. The second kappa shape index (κ2) is 9.02. The molecule has 2 nitrogen and oxygen atoms in total. The smallest absolute Gasteiger partial charge is 0.116 e. The number of benzene rings is 4. The van der Waals surface area contributed by atoms with Crippen LogP contribution in [0.1, 0.15) is 74.6 Å². The molecule has 2 heteroatoms. The van der Waals surface area contributed by atoms with Gasteiger partial charge in [0, 0.05) is 11.1 Å². The quantitative estimate of drug-likeness (QED) is 0.303. The highest BCUT2D eigenvalue weighted by molar-refractivity contribution is 5.90. The van der Waals surface area contributed by atoms with Gasteiger partial charge in [0.2, 0.25) is 0 Å². The zero-order valence-corrected chi connectivity index (χ0v) is 20.2. The summed E-state index contributed by atoms with van der Waals surface area (Å²) in [6.07, 6.45) is 5.04. The van der Waals surface area contributed by atoms with Crippen LogP contribution in [0.4, 0.5) is 0 Å².